The summed E-state index contributed by atoms with van der Waals surface area (Å²) in [6.07, 6.45) is 0. The fourth-order valence-electron chi connectivity index (χ4n) is 5.04. The van der Waals surface area contributed by atoms with E-state index < -0.39 is 11.9 Å². The predicted molar refractivity (Wildman–Crippen MR) is 149 cm³/mol. The number of ether oxygens (including phenoxy) is 2. The Morgan fingerprint density at radius 1 is 0.846 bits per heavy atom. The molecule has 8 nitrogen and oxygen atoms in total. The zero-order valence-electron chi connectivity index (χ0n) is 21.9. The molecule has 1 saturated heterocycles. The van der Waals surface area contributed by atoms with Crippen LogP contribution >= 0.6 is 0 Å². The molecular weight excluding hydrogens is 490 g/mol. The third-order valence-electron chi connectivity index (χ3n) is 6.96. The molecule has 0 spiro atoms. The molecule has 0 amide bonds. The van der Waals surface area contributed by atoms with Crippen LogP contribution in [0.15, 0.2) is 84.9 Å². The highest BCUT2D eigenvalue weighted by Crippen LogP contribution is 2.32. The van der Waals surface area contributed by atoms with Gasteiger partial charge in [-0.1, -0.05) is 72.8 Å². The number of anilines is 1. The number of rotatable bonds is 9. The van der Waals surface area contributed by atoms with Crippen molar-refractivity contribution < 1.29 is 14.3 Å². The lowest BCUT2D eigenvalue weighted by molar-refractivity contribution is -0.145. The monoisotopic (exact) mass is 521 g/mol. The maximum absolute atomic E-state index is 12.9. The number of methoxy groups -OCH3 is 1. The average Bonchev–Trinajstić information content (AvgIpc) is 2.99. The Bertz CT molecular complexity index is 1390. The molecule has 8 heteroatoms. The molecule has 39 heavy (non-hydrogen) atoms. The van der Waals surface area contributed by atoms with E-state index in [4.69, 9.17) is 19.4 Å². The van der Waals surface area contributed by atoms with Gasteiger partial charge in [-0.2, -0.15) is 5.26 Å². The van der Waals surface area contributed by atoms with Crippen LogP contribution in [0, 0.1) is 11.3 Å². The van der Waals surface area contributed by atoms with Gasteiger partial charge in [-0.3, -0.25) is 9.69 Å². The van der Waals surface area contributed by atoms with Gasteiger partial charge in [0, 0.05) is 33.3 Å². The number of nitrogens with zero attached hydrogens (tertiary/aromatic N) is 5. The van der Waals surface area contributed by atoms with Crippen molar-refractivity contribution >= 4 is 22.8 Å². The third-order valence-corrected chi connectivity index (χ3v) is 6.96. The molecule has 4 aromatic rings. The number of benzene rings is 3. The van der Waals surface area contributed by atoms with Crippen LogP contribution in [-0.2, 0) is 14.3 Å². The number of esters is 1. The SMILES string of the molecule is COCCOC(=O)C(C#N)c1nc2ccccc2nc1N1CCN(C(c2ccccc2)c2ccccc2)CC1. The van der Waals surface area contributed by atoms with Crippen LogP contribution in [0.1, 0.15) is 28.8 Å². The molecule has 0 aliphatic carbocycles. The van der Waals surface area contributed by atoms with E-state index in [-0.39, 0.29) is 19.3 Å². The lowest BCUT2D eigenvalue weighted by Crippen LogP contribution is -2.48. The van der Waals surface area contributed by atoms with Crippen molar-refractivity contribution in [3.8, 4) is 6.07 Å². The van der Waals surface area contributed by atoms with E-state index in [1.165, 1.54) is 18.2 Å². The van der Waals surface area contributed by atoms with E-state index in [1.54, 1.807) is 0 Å². The maximum Gasteiger partial charge on any atom is 0.329 e. The number of carbonyl (C=O) groups is 1. The second kappa shape index (κ2) is 12.5. The summed E-state index contributed by atoms with van der Waals surface area (Å²) in [6.45, 7) is 3.23. The molecule has 1 aromatic heterocycles. The minimum absolute atomic E-state index is 0.0723. The number of nitriles is 1. The summed E-state index contributed by atoms with van der Waals surface area (Å²) in [5.41, 5.74) is 4.16. The second-order valence-electron chi connectivity index (χ2n) is 9.39. The van der Waals surface area contributed by atoms with Crippen LogP contribution in [0.4, 0.5) is 5.82 Å². The van der Waals surface area contributed by atoms with Gasteiger partial charge < -0.3 is 14.4 Å². The van der Waals surface area contributed by atoms with Gasteiger partial charge in [0.25, 0.3) is 0 Å². The van der Waals surface area contributed by atoms with E-state index in [9.17, 15) is 10.1 Å². The Kier molecular flexibility index (Phi) is 8.42. The summed E-state index contributed by atoms with van der Waals surface area (Å²) in [5.74, 6) is -1.28. The third kappa shape index (κ3) is 5.90. The van der Waals surface area contributed by atoms with E-state index in [0.717, 1.165) is 18.6 Å². The second-order valence-corrected chi connectivity index (χ2v) is 9.39. The smallest absolute Gasteiger partial charge is 0.329 e. The Labute approximate surface area is 228 Å². The number of carbonyl (C=O) groups excluding carboxylic acids is 1. The van der Waals surface area contributed by atoms with Crippen molar-refractivity contribution in [1.82, 2.24) is 14.9 Å². The Morgan fingerprint density at radius 2 is 1.41 bits per heavy atom. The number of piperazine rings is 1. The fraction of sp³-hybridized carbons (Fsp3) is 0.290. The number of hydrogen-bond donors (Lipinski definition) is 0. The molecular formula is C31H31N5O3. The minimum atomic E-state index is -1.19. The highest BCUT2D eigenvalue weighted by atomic mass is 16.6. The number of fused-ring (bicyclic) bond motifs is 1. The molecule has 1 fully saturated rings. The zero-order chi connectivity index (χ0) is 27.0. The van der Waals surface area contributed by atoms with Gasteiger partial charge in [0.05, 0.1) is 29.8 Å². The standard InChI is InChI=1S/C31H31N5O3/c1-38-20-21-39-31(37)25(22-32)28-30(34-27-15-9-8-14-26(27)33-28)36-18-16-35(17-19-36)29(23-10-4-2-5-11-23)24-12-6-3-7-13-24/h2-15,25,29H,16-21H2,1H3. The lowest BCUT2D eigenvalue weighted by Gasteiger charge is -2.40. The van der Waals surface area contributed by atoms with Gasteiger partial charge in [-0.05, 0) is 23.3 Å². The van der Waals surface area contributed by atoms with E-state index in [0.29, 0.717) is 30.1 Å². The largest absolute Gasteiger partial charge is 0.462 e. The van der Waals surface area contributed by atoms with Gasteiger partial charge >= 0.3 is 5.97 Å². The number of para-hydroxylation sites is 2. The first-order valence-electron chi connectivity index (χ1n) is 13.1. The zero-order valence-corrected chi connectivity index (χ0v) is 21.9. The van der Waals surface area contributed by atoms with E-state index in [1.807, 2.05) is 36.4 Å². The summed E-state index contributed by atoms with van der Waals surface area (Å²) in [5, 5.41) is 9.99. The van der Waals surface area contributed by atoms with Crippen LogP contribution in [0.25, 0.3) is 11.0 Å². The lowest BCUT2D eigenvalue weighted by atomic mass is 9.96. The summed E-state index contributed by atoms with van der Waals surface area (Å²) < 4.78 is 10.3. The van der Waals surface area contributed by atoms with Crippen molar-refractivity contribution in [2.24, 2.45) is 0 Å². The molecule has 5 rings (SSSR count). The van der Waals surface area contributed by atoms with Crippen LogP contribution in [0.2, 0.25) is 0 Å². The van der Waals surface area contributed by atoms with Crippen molar-refractivity contribution in [3.63, 3.8) is 0 Å². The number of aromatic nitrogens is 2. The normalized spacial score (nSPS) is 14.7. The van der Waals surface area contributed by atoms with Gasteiger partial charge in [-0.15, -0.1) is 0 Å². The van der Waals surface area contributed by atoms with Gasteiger partial charge in [0.2, 0.25) is 0 Å². The first kappa shape index (κ1) is 26.3. The highest BCUT2D eigenvalue weighted by molar-refractivity contribution is 5.85. The summed E-state index contributed by atoms with van der Waals surface area (Å²) in [7, 11) is 1.53. The summed E-state index contributed by atoms with van der Waals surface area (Å²) >= 11 is 0. The molecule has 3 aromatic carbocycles. The molecule has 2 heterocycles. The van der Waals surface area contributed by atoms with Crippen LogP contribution in [-0.4, -0.2) is 67.3 Å². The maximum atomic E-state index is 12.9. The molecule has 0 bridgehead atoms. The van der Waals surface area contributed by atoms with E-state index in [2.05, 4.69) is 64.4 Å². The molecule has 1 aliphatic rings. The molecule has 1 atom stereocenters. The molecule has 0 N–H and O–H groups in total. The van der Waals surface area contributed by atoms with Crippen LogP contribution in [0.3, 0.4) is 0 Å². The van der Waals surface area contributed by atoms with Gasteiger partial charge in [-0.25, -0.2) is 9.97 Å². The van der Waals surface area contributed by atoms with Crippen molar-refractivity contribution in [1.29, 1.82) is 5.26 Å². The fourth-order valence-corrected chi connectivity index (χ4v) is 5.04. The Morgan fingerprint density at radius 3 is 1.97 bits per heavy atom. The van der Waals surface area contributed by atoms with Gasteiger partial charge in [0.1, 0.15) is 12.3 Å². The molecule has 1 unspecified atom stereocenters. The van der Waals surface area contributed by atoms with Crippen molar-refractivity contribution in [3.05, 3.63) is 102 Å². The summed E-state index contributed by atoms with van der Waals surface area (Å²) in [6, 6.07) is 30.8. The first-order chi connectivity index (χ1) is 19.2. The first-order valence-corrected chi connectivity index (χ1v) is 13.1. The molecule has 0 radical (unpaired) electrons. The Hall–Kier alpha value is -4.32. The van der Waals surface area contributed by atoms with Crippen molar-refractivity contribution in [2.75, 3.05) is 51.4 Å². The summed E-state index contributed by atoms with van der Waals surface area (Å²) in [4.78, 5) is 27.1. The predicted octanol–water partition coefficient (Wildman–Crippen LogP) is 4.34. The molecule has 198 valence electrons. The minimum Gasteiger partial charge on any atom is -0.462 e. The topological polar surface area (TPSA) is 91.6 Å². The van der Waals surface area contributed by atoms with Crippen LogP contribution < -0.4 is 4.90 Å². The Balaban J connectivity index is 1.43. The van der Waals surface area contributed by atoms with Crippen molar-refractivity contribution in [2.45, 2.75) is 12.0 Å². The molecule has 0 saturated carbocycles. The number of hydrogen-bond acceptors (Lipinski definition) is 8. The highest BCUT2D eigenvalue weighted by Gasteiger charge is 2.33. The van der Waals surface area contributed by atoms with Gasteiger partial charge in [0.15, 0.2) is 11.7 Å². The van der Waals surface area contributed by atoms with E-state index >= 15 is 0 Å². The average molecular weight is 522 g/mol. The molecule has 1 aliphatic heterocycles. The van der Waals surface area contributed by atoms with Crippen LogP contribution in [0.5, 0.6) is 0 Å². The quantitative estimate of drug-likeness (QED) is 0.237.